The fourth-order valence-electron chi connectivity index (χ4n) is 1.64. The van der Waals surface area contributed by atoms with Gasteiger partial charge in [0, 0.05) is 14.5 Å². The van der Waals surface area contributed by atoms with Crippen LogP contribution in [0.15, 0.2) is 40.9 Å². The maximum atomic E-state index is 12.3. The third-order valence-corrected chi connectivity index (χ3v) is 3.75. The Balaban J connectivity index is 2.30. The van der Waals surface area contributed by atoms with Crippen LogP contribution in [0.4, 0.5) is 5.69 Å². The highest BCUT2D eigenvalue weighted by Crippen LogP contribution is 2.28. The van der Waals surface area contributed by atoms with E-state index in [2.05, 4.69) is 21.2 Å². The molecule has 1 amide bonds. The second kappa shape index (κ2) is 6.48. The van der Waals surface area contributed by atoms with Crippen molar-refractivity contribution in [3.05, 3.63) is 56.5 Å². The smallest absolute Gasteiger partial charge is 0.259 e. The SMILES string of the molecule is COc1cc(Cl)ccc1C(=O)Nc1cc(Cl)ccc1Br. The quantitative estimate of drug-likeness (QED) is 0.819. The van der Waals surface area contributed by atoms with E-state index >= 15 is 0 Å². The van der Waals surface area contributed by atoms with Gasteiger partial charge in [0.15, 0.2) is 0 Å². The van der Waals surface area contributed by atoms with Crippen molar-refractivity contribution in [2.24, 2.45) is 0 Å². The van der Waals surface area contributed by atoms with Crippen molar-refractivity contribution < 1.29 is 9.53 Å². The van der Waals surface area contributed by atoms with Crippen molar-refractivity contribution in [2.75, 3.05) is 12.4 Å². The van der Waals surface area contributed by atoms with Crippen LogP contribution in [0.1, 0.15) is 10.4 Å². The number of methoxy groups -OCH3 is 1. The fraction of sp³-hybridized carbons (Fsp3) is 0.0714. The molecule has 2 aromatic rings. The number of hydrogen-bond acceptors (Lipinski definition) is 2. The lowest BCUT2D eigenvalue weighted by Gasteiger charge is -2.11. The van der Waals surface area contributed by atoms with Gasteiger partial charge in [-0.1, -0.05) is 23.2 Å². The Labute approximate surface area is 135 Å². The van der Waals surface area contributed by atoms with Gasteiger partial charge in [0.2, 0.25) is 0 Å². The number of carbonyl (C=O) groups is 1. The van der Waals surface area contributed by atoms with Crippen molar-refractivity contribution >= 4 is 50.7 Å². The van der Waals surface area contributed by atoms with Crippen molar-refractivity contribution in [2.45, 2.75) is 0 Å². The van der Waals surface area contributed by atoms with Crippen LogP contribution in [0.5, 0.6) is 5.75 Å². The minimum atomic E-state index is -0.304. The van der Waals surface area contributed by atoms with E-state index in [-0.39, 0.29) is 5.91 Å². The summed E-state index contributed by atoms with van der Waals surface area (Å²) in [5.74, 6) is 0.106. The van der Waals surface area contributed by atoms with Crippen LogP contribution in [-0.2, 0) is 0 Å². The molecular weight excluding hydrogens is 365 g/mol. The number of nitrogens with one attached hydrogen (secondary N) is 1. The summed E-state index contributed by atoms with van der Waals surface area (Å²) in [5.41, 5.74) is 0.975. The predicted octanol–water partition coefficient (Wildman–Crippen LogP) is 5.02. The molecule has 0 heterocycles. The number of ether oxygens (including phenoxy) is 1. The first-order chi connectivity index (χ1) is 9.51. The zero-order valence-electron chi connectivity index (χ0n) is 10.4. The molecule has 20 heavy (non-hydrogen) atoms. The molecule has 0 spiro atoms. The largest absolute Gasteiger partial charge is 0.496 e. The molecule has 0 saturated carbocycles. The number of amides is 1. The van der Waals surface area contributed by atoms with Crippen LogP contribution in [0.3, 0.4) is 0 Å². The van der Waals surface area contributed by atoms with E-state index in [4.69, 9.17) is 27.9 Å². The molecule has 0 aliphatic rings. The standard InChI is InChI=1S/C14H10BrCl2NO2/c1-20-13-7-9(17)2-4-10(13)14(19)18-12-6-8(16)3-5-11(12)15/h2-7H,1H3,(H,18,19). The summed E-state index contributed by atoms with van der Waals surface area (Å²) in [4.78, 5) is 12.3. The van der Waals surface area contributed by atoms with Crippen LogP contribution in [0, 0.1) is 0 Å². The normalized spacial score (nSPS) is 10.2. The zero-order chi connectivity index (χ0) is 14.7. The highest BCUT2D eigenvalue weighted by molar-refractivity contribution is 9.10. The predicted molar refractivity (Wildman–Crippen MR) is 85.1 cm³/mol. The average molecular weight is 375 g/mol. The second-order valence-corrected chi connectivity index (χ2v) is 5.65. The third-order valence-electron chi connectivity index (χ3n) is 2.58. The van der Waals surface area contributed by atoms with E-state index in [9.17, 15) is 4.79 Å². The van der Waals surface area contributed by atoms with Gasteiger partial charge >= 0.3 is 0 Å². The van der Waals surface area contributed by atoms with Crippen LogP contribution in [0.25, 0.3) is 0 Å². The monoisotopic (exact) mass is 373 g/mol. The van der Waals surface area contributed by atoms with Gasteiger partial charge in [-0.2, -0.15) is 0 Å². The second-order valence-electron chi connectivity index (χ2n) is 3.92. The molecule has 0 aliphatic heterocycles. The number of halogens is 3. The lowest BCUT2D eigenvalue weighted by Crippen LogP contribution is -2.13. The van der Waals surface area contributed by atoms with Gasteiger partial charge in [-0.15, -0.1) is 0 Å². The highest BCUT2D eigenvalue weighted by atomic mass is 79.9. The first kappa shape index (κ1) is 15.2. The molecule has 0 saturated heterocycles. The molecule has 2 rings (SSSR count). The molecule has 0 aromatic heterocycles. The van der Waals surface area contributed by atoms with E-state index in [0.29, 0.717) is 27.0 Å². The van der Waals surface area contributed by atoms with Gasteiger partial charge in [0.1, 0.15) is 5.75 Å². The maximum absolute atomic E-state index is 12.3. The highest BCUT2D eigenvalue weighted by Gasteiger charge is 2.14. The Morgan fingerprint density at radius 2 is 1.80 bits per heavy atom. The van der Waals surface area contributed by atoms with E-state index in [0.717, 1.165) is 4.47 Å². The topological polar surface area (TPSA) is 38.3 Å². The molecule has 0 radical (unpaired) electrons. The minimum Gasteiger partial charge on any atom is -0.496 e. The van der Waals surface area contributed by atoms with Gasteiger partial charge in [-0.3, -0.25) is 4.79 Å². The molecule has 3 nitrogen and oxygen atoms in total. The maximum Gasteiger partial charge on any atom is 0.259 e. The van der Waals surface area contributed by atoms with E-state index < -0.39 is 0 Å². The van der Waals surface area contributed by atoms with Crippen LogP contribution in [-0.4, -0.2) is 13.0 Å². The summed E-state index contributed by atoms with van der Waals surface area (Å²) in [6.07, 6.45) is 0. The lowest BCUT2D eigenvalue weighted by atomic mass is 10.2. The minimum absolute atomic E-state index is 0.304. The van der Waals surface area contributed by atoms with Gasteiger partial charge < -0.3 is 10.1 Å². The molecule has 104 valence electrons. The first-order valence-corrected chi connectivity index (χ1v) is 7.16. The van der Waals surface area contributed by atoms with E-state index in [1.807, 2.05) is 0 Å². The molecule has 0 bridgehead atoms. The molecule has 0 unspecified atom stereocenters. The Bertz CT molecular complexity index is 662. The number of anilines is 1. The van der Waals surface area contributed by atoms with Gasteiger partial charge in [-0.25, -0.2) is 0 Å². The van der Waals surface area contributed by atoms with Gasteiger partial charge in [0.05, 0.1) is 18.4 Å². The third kappa shape index (κ3) is 3.45. The Hall–Kier alpha value is -1.23. The molecule has 0 fully saturated rings. The molecule has 6 heteroatoms. The number of benzene rings is 2. The van der Waals surface area contributed by atoms with Crippen LogP contribution < -0.4 is 10.1 Å². The summed E-state index contributed by atoms with van der Waals surface area (Å²) >= 11 is 15.1. The summed E-state index contributed by atoms with van der Waals surface area (Å²) in [6, 6.07) is 9.97. The van der Waals surface area contributed by atoms with Crippen LogP contribution >= 0.6 is 39.1 Å². The summed E-state index contributed by atoms with van der Waals surface area (Å²) in [6.45, 7) is 0. The van der Waals surface area contributed by atoms with Crippen molar-refractivity contribution in [1.82, 2.24) is 0 Å². The number of carbonyl (C=O) groups excluding carboxylic acids is 1. The van der Waals surface area contributed by atoms with Crippen molar-refractivity contribution in [1.29, 1.82) is 0 Å². The molecule has 0 atom stereocenters. The van der Waals surface area contributed by atoms with Crippen LogP contribution in [0.2, 0.25) is 10.0 Å². The Morgan fingerprint density at radius 1 is 1.15 bits per heavy atom. The zero-order valence-corrected chi connectivity index (χ0v) is 13.5. The van der Waals surface area contributed by atoms with Crippen molar-refractivity contribution in [3.63, 3.8) is 0 Å². The summed E-state index contributed by atoms with van der Waals surface area (Å²) in [5, 5.41) is 3.80. The van der Waals surface area contributed by atoms with E-state index in [1.54, 1.807) is 36.4 Å². The Kier molecular flexibility index (Phi) is 4.91. The molecule has 2 aromatic carbocycles. The lowest BCUT2D eigenvalue weighted by molar-refractivity contribution is 0.102. The average Bonchev–Trinajstić information content (AvgIpc) is 2.42. The van der Waals surface area contributed by atoms with Crippen molar-refractivity contribution in [3.8, 4) is 5.75 Å². The number of rotatable bonds is 3. The first-order valence-electron chi connectivity index (χ1n) is 5.61. The summed E-state index contributed by atoms with van der Waals surface area (Å²) in [7, 11) is 1.48. The summed E-state index contributed by atoms with van der Waals surface area (Å²) < 4.78 is 5.89. The number of hydrogen-bond donors (Lipinski definition) is 1. The Morgan fingerprint density at radius 3 is 2.50 bits per heavy atom. The van der Waals surface area contributed by atoms with Gasteiger partial charge in [-0.05, 0) is 52.3 Å². The fourth-order valence-corrected chi connectivity index (χ4v) is 2.32. The molecule has 1 N–H and O–H groups in total. The van der Waals surface area contributed by atoms with E-state index in [1.165, 1.54) is 7.11 Å². The molecule has 0 aliphatic carbocycles. The molecular formula is C14H10BrCl2NO2. The van der Waals surface area contributed by atoms with Gasteiger partial charge in [0.25, 0.3) is 5.91 Å².